The van der Waals surface area contributed by atoms with E-state index in [-0.39, 0.29) is 35.9 Å². The summed E-state index contributed by atoms with van der Waals surface area (Å²) in [7, 11) is 0. The molecule has 1 N–H and O–H groups in total. The van der Waals surface area contributed by atoms with Gasteiger partial charge in [0.25, 0.3) is 0 Å². The van der Waals surface area contributed by atoms with Crippen molar-refractivity contribution in [2.24, 2.45) is 17.8 Å². The summed E-state index contributed by atoms with van der Waals surface area (Å²) < 4.78 is 17.7. The van der Waals surface area contributed by atoms with Gasteiger partial charge in [-0.2, -0.15) is 0 Å². The fourth-order valence-corrected chi connectivity index (χ4v) is 5.38. The minimum atomic E-state index is -0.716. The highest BCUT2D eigenvalue weighted by Gasteiger charge is 2.69. The molecule has 2 heterocycles. The number of fused-ring (bicyclic) bond motifs is 3. The molecule has 2 saturated carbocycles. The number of aliphatic hydroxyl groups excluding tert-OH is 1. The van der Waals surface area contributed by atoms with Crippen LogP contribution >= 0.6 is 0 Å². The van der Waals surface area contributed by atoms with Gasteiger partial charge in [-0.05, 0) is 32.1 Å². The molecule has 4 rings (SSSR count). The monoisotopic (exact) mass is 296 g/mol. The molecule has 4 aliphatic rings. The number of carbonyl (C=O) groups excluding carboxylic acids is 1. The second kappa shape index (κ2) is 4.93. The highest BCUT2D eigenvalue weighted by atomic mass is 16.7. The number of hydrogen-bond acceptors (Lipinski definition) is 5. The van der Waals surface area contributed by atoms with Crippen LogP contribution in [0.5, 0.6) is 0 Å². The van der Waals surface area contributed by atoms with Crippen LogP contribution in [0.2, 0.25) is 0 Å². The van der Waals surface area contributed by atoms with E-state index in [2.05, 4.69) is 0 Å². The molecule has 5 heteroatoms. The van der Waals surface area contributed by atoms with Crippen LogP contribution in [0.4, 0.5) is 0 Å². The first kappa shape index (κ1) is 14.0. The van der Waals surface area contributed by atoms with Crippen LogP contribution in [-0.2, 0) is 19.0 Å². The Morgan fingerprint density at radius 3 is 2.71 bits per heavy atom. The summed E-state index contributed by atoms with van der Waals surface area (Å²) in [5.41, 5.74) is -0.373. The van der Waals surface area contributed by atoms with E-state index in [0.29, 0.717) is 13.2 Å². The van der Waals surface area contributed by atoms with Crippen molar-refractivity contribution in [2.75, 3.05) is 19.8 Å². The lowest BCUT2D eigenvalue weighted by atomic mass is 9.66. The predicted octanol–water partition coefficient (Wildman–Crippen LogP) is 1.62. The van der Waals surface area contributed by atoms with Crippen molar-refractivity contribution < 1.29 is 24.1 Å². The highest BCUT2D eigenvalue weighted by molar-refractivity contribution is 5.78. The van der Waals surface area contributed by atoms with Crippen LogP contribution in [0.3, 0.4) is 0 Å². The van der Waals surface area contributed by atoms with Crippen LogP contribution in [0.25, 0.3) is 0 Å². The standard InChI is InChI=1S/C16H24O5/c17-8-5-11-3-1-2-6-15(11)12-4-7-16(19-9-10-20-16)13(12)14(18)21-15/h11-13,17H,1-10H2/t11-,12+,13-,15-/m1/s1. The Hall–Kier alpha value is -0.650. The lowest BCUT2D eigenvalue weighted by molar-refractivity contribution is -0.193. The molecule has 0 bridgehead atoms. The van der Waals surface area contributed by atoms with Crippen molar-refractivity contribution in [3.63, 3.8) is 0 Å². The lowest BCUT2D eigenvalue weighted by Gasteiger charge is -2.43. The smallest absolute Gasteiger partial charge is 0.315 e. The molecule has 0 unspecified atom stereocenters. The van der Waals surface area contributed by atoms with E-state index in [1.54, 1.807) is 0 Å². The Bertz CT molecular complexity index is 428. The first-order chi connectivity index (χ1) is 10.2. The maximum absolute atomic E-state index is 12.6. The second-order valence-electron chi connectivity index (χ2n) is 6.96. The third-order valence-corrected chi connectivity index (χ3v) is 6.17. The number of esters is 1. The summed E-state index contributed by atoms with van der Waals surface area (Å²) in [5.74, 6) is -0.637. The van der Waals surface area contributed by atoms with Crippen LogP contribution in [-0.4, -0.2) is 42.3 Å². The van der Waals surface area contributed by atoms with Gasteiger partial charge in [0.15, 0.2) is 5.79 Å². The zero-order valence-electron chi connectivity index (χ0n) is 12.4. The summed E-state index contributed by atoms with van der Waals surface area (Å²) in [4.78, 5) is 12.6. The number of hydrogen-bond donors (Lipinski definition) is 1. The first-order valence-corrected chi connectivity index (χ1v) is 8.33. The Kier molecular flexibility index (Phi) is 3.28. The number of ether oxygens (including phenoxy) is 3. The van der Waals surface area contributed by atoms with E-state index < -0.39 is 5.79 Å². The lowest BCUT2D eigenvalue weighted by Crippen LogP contribution is -2.47. The fourth-order valence-electron chi connectivity index (χ4n) is 5.38. The fraction of sp³-hybridized carbons (Fsp3) is 0.938. The van der Waals surface area contributed by atoms with Crippen LogP contribution in [0.15, 0.2) is 0 Å². The quantitative estimate of drug-likeness (QED) is 0.785. The van der Waals surface area contributed by atoms with Gasteiger partial charge in [-0.3, -0.25) is 4.79 Å². The molecule has 0 aromatic heterocycles. The van der Waals surface area contributed by atoms with E-state index in [9.17, 15) is 9.90 Å². The summed E-state index contributed by atoms with van der Waals surface area (Å²) in [6, 6.07) is 0. The van der Waals surface area contributed by atoms with Gasteiger partial charge in [0, 0.05) is 24.9 Å². The average Bonchev–Trinajstić information content (AvgIpc) is 3.15. The molecule has 4 fully saturated rings. The van der Waals surface area contributed by atoms with E-state index >= 15 is 0 Å². The Labute approximate surface area is 124 Å². The van der Waals surface area contributed by atoms with Crippen LogP contribution in [0, 0.1) is 17.8 Å². The third kappa shape index (κ3) is 1.83. The molecular formula is C16H24O5. The maximum Gasteiger partial charge on any atom is 0.315 e. The zero-order chi connectivity index (χ0) is 14.5. The summed E-state index contributed by atoms with van der Waals surface area (Å²) in [6.45, 7) is 1.31. The van der Waals surface area contributed by atoms with Crippen molar-refractivity contribution in [1.29, 1.82) is 0 Å². The topological polar surface area (TPSA) is 65.0 Å². The van der Waals surface area contributed by atoms with Gasteiger partial charge in [0.05, 0.1) is 13.2 Å². The van der Waals surface area contributed by atoms with Crippen molar-refractivity contribution in [2.45, 2.75) is 56.3 Å². The summed E-state index contributed by atoms with van der Waals surface area (Å²) in [6.07, 6.45) is 6.70. The van der Waals surface area contributed by atoms with Crippen molar-refractivity contribution >= 4 is 5.97 Å². The van der Waals surface area contributed by atoms with E-state index in [1.807, 2.05) is 0 Å². The molecule has 118 valence electrons. The molecule has 0 radical (unpaired) electrons. The molecule has 2 aliphatic heterocycles. The highest BCUT2D eigenvalue weighted by Crippen LogP contribution is 2.60. The average molecular weight is 296 g/mol. The Morgan fingerprint density at radius 1 is 1.14 bits per heavy atom. The normalized spacial score (nSPS) is 44.4. The molecule has 2 saturated heterocycles. The van der Waals surface area contributed by atoms with Gasteiger partial charge in [0.1, 0.15) is 11.5 Å². The second-order valence-corrected chi connectivity index (χ2v) is 6.96. The van der Waals surface area contributed by atoms with Gasteiger partial charge >= 0.3 is 5.97 Å². The SMILES string of the molecule is O=C1O[C@@]2(CCCC[C@@H]2CCO)[C@H]2CCC3(OCCO3)[C@@H]12. The molecule has 0 aromatic carbocycles. The van der Waals surface area contributed by atoms with E-state index in [4.69, 9.17) is 14.2 Å². The van der Waals surface area contributed by atoms with Gasteiger partial charge in [0.2, 0.25) is 0 Å². The first-order valence-electron chi connectivity index (χ1n) is 8.33. The largest absolute Gasteiger partial charge is 0.458 e. The molecule has 0 aromatic rings. The molecule has 4 atom stereocenters. The number of carbonyl (C=O) groups is 1. The number of rotatable bonds is 2. The summed E-state index contributed by atoms with van der Waals surface area (Å²) >= 11 is 0. The molecule has 0 amide bonds. The minimum absolute atomic E-state index is 0.135. The van der Waals surface area contributed by atoms with Gasteiger partial charge in [-0.25, -0.2) is 0 Å². The minimum Gasteiger partial charge on any atom is -0.458 e. The zero-order valence-corrected chi connectivity index (χ0v) is 12.4. The van der Waals surface area contributed by atoms with Gasteiger partial charge < -0.3 is 19.3 Å². The Balaban J connectivity index is 1.67. The van der Waals surface area contributed by atoms with Crippen molar-refractivity contribution in [3.8, 4) is 0 Å². The predicted molar refractivity (Wildman–Crippen MR) is 73.3 cm³/mol. The third-order valence-electron chi connectivity index (χ3n) is 6.17. The molecule has 2 aliphatic carbocycles. The maximum atomic E-state index is 12.6. The molecule has 21 heavy (non-hydrogen) atoms. The molecule has 2 spiro atoms. The molecule has 5 nitrogen and oxygen atoms in total. The van der Waals surface area contributed by atoms with Gasteiger partial charge in [-0.15, -0.1) is 0 Å². The van der Waals surface area contributed by atoms with E-state index in [0.717, 1.165) is 38.5 Å². The van der Waals surface area contributed by atoms with Crippen LogP contribution in [0.1, 0.15) is 44.9 Å². The summed E-state index contributed by atoms with van der Waals surface area (Å²) in [5, 5.41) is 9.38. The van der Waals surface area contributed by atoms with E-state index in [1.165, 1.54) is 6.42 Å². The Morgan fingerprint density at radius 2 is 1.95 bits per heavy atom. The number of aliphatic hydroxyl groups is 1. The van der Waals surface area contributed by atoms with Crippen LogP contribution < -0.4 is 0 Å². The van der Waals surface area contributed by atoms with Crippen molar-refractivity contribution in [1.82, 2.24) is 0 Å². The van der Waals surface area contributed by atoms with Gasteiger partial charge in [-0.1, -0.05) is 6.42 Å². The molecular weight excluding hydrogens is 272 g/mol. The van der Waals surface area contributed by atoms with Crippen molar-refractivity contribution in [3.05, 3.63) is 0 Å².